The van der Waals surface area contributed by atoms with Crippen LogP contribution >= 0.6 is 0 Å². The Labute approximate surface area is 67.5 Å². The predicted molar refractivity (Wildman–Crippen MR) is 41.3 cm³/mol. The zero-order valence-electron chi connectivity index (χ0n) is 6.49. The van der Waals surface area contributed by atoms with Gasteiger partial charge < -0.3 is 0 Å². The van der Waals surface area contributed by atoms with Crippen molar-refractivity contribution in [2.75, 3.05) is 6.61 Å². The van der Waals surface area contributed by atoms with Gasteiger partial charge in [0.1, 0.15) is 0 Å². The van der Waals surface area contributed by atoms with E-state index >= 15 is 0 Å². The minimum Gasteiger partial charge on any atom is -0.264 e. The Hall–Kier alpha value is -0.130. The van der Waals surface area contributed by atoms with Crippen LogP contribution in [0, 0.1) is 6.42 Å². The molecule has 0 atom stereocenters. The van der Waals surface area contributed by atoms with Crippen molar-refractivity contribution < 1.29 is 17.2 Å². The second-order valence-electron chi connectivity index (χ2n) is 2.09. The van der Waals surface area contributed by atoms with Crippen molar-refractivity contribution in [2.45, 2.75) is 26.2 Å². The summed E-state index contributed by atoms with van der Waals surface area (Å²) in [6.07, 6.45) is 4.42. The molecule has 0 aromatic rings. The van der Waals surface area contributed by atoms with Crippen LogP contribution in [-0.4, -0.2) is 19.6 Å². The molecule has 0 aromatic carbocycles. The highest BCUT2D eigenvalue weighted by molar-refractivity contribution is 7.80. The fourth-order valence-corrected chi connectivity index (χ4v) is 0.924. The summed E-state index contributed by atoms with van der Waals surface area (Å²) in [5.74, 6) is 0. The average Bonchev–Trinajstić information content (AvgIpc) is 1.85. The molecule has 67 valence electrons. The van der Waals surface area contributed by atoms with E-state index in [9.17, 15) is 8.42 Å². The summed E-state index contributed by atoms with van der Waals surface area (Å²) in [4.78, 5) is 0. The van der Waals surface area contributed by atoms with E-state index in [1.165, 1.54) is 0 Å². The smallest absolute Gasteiger partial charge is 0.264 e. The Bertz CT molecular complexity index is 173. The minimum atomic E-state index is -4.23. The second kappa shape index (κ2) is 5.51. The summed E-state index contributed by atoms with van der Waals surface area (Å²) < 4.78 is 32.2. The molecule has 0 aliphatic heterocycles. The van der Waals surface area contributed by atoms with Gasteiger partial charge in [0.25, 0.3) is 0 Å². The van der Waals surface area contributed by atoms with Crippen LogP contribution in [0.2, 0.25) is 0 Å². The lowest BCUT2D eigenvalue weighted by Gasteiger charge is -1.97. The summed E-state index contributed by atoms with van der Waals surface area (Å²) in [6, 6.07) is 0. The summed E-state index contributed by atoms with van der Waals surface area (Å²) in [5.41, 5.74) is 0. The van der Waals surface area contributed by atoms with E-state index in [1.807, 2.05) is 13.3 Å². The molecule has 0 amide bonds. The van der Waals surface area contributed by atoms with Gasteiger partial charge in [0.05, 0.1) is 6.61 Å². The molecule has 0 rings (SSSR count). The molecule has 0 saturated heterocycles. The molecule has 0 bridgehead atoms. The SMILES string of the molecule is CC[CH]CCCOS(=O)(=O)O. The highest BCUT2D eigenvalue weighted by Crippen LogP contribution is 1.98. The van der Waals surface area contributed by atoms with Crippen LogP contribution in [0.15, 0.2) is 0 Å². The Kier molecular flexibility index (Phi) is 5.45. The largest absolute Gasteiger partial charge is 0.397 e. The van der Waals surface area contributed by atoms with Crippen LogP contribution < -0.4 is 0 Å². The van der Waals surface area contributed by atoms with Gasteiger partial charge in [-0.15, -0.1) is 0 Å². The fourth-order valence-electron chi connectivity index (χ4n) is 0.596. The molecular formula is C6H13O4S. The fraction of sp³-hybridized carbons (Fsp3) is 0.833. The van der Waals surface area contributed by atoms with E-state index < -0.39 is 10.4 Å². The molecule has 0 saturated carbocycles. The Morgan fingerprint density at radius 3 is 2.64 bits per heavy atom. The van der Waals surface area contributed by atoms with Crippen molar-refractivity contribution in [1.29, 1.82) is 0 Å². The second-order valence-corrected chi connectivity index (χ2v) is 3.18. The van der Waals surface area contributed by atoms with Crippen molar-refractivity contribution in [2.24, 2.45) is 0 Å². The third kappa shape index (κ3) is 9.87. The zero-order chi connectivity index (χ0) is 8.74. The van der Waals surface area contributed by atoms with Crippen LogP contribution in [0.1, 0.15) is 26.2 Å². The molecule has 0 unspecified atom stereocenters. The van der Waals surface area contributed by atoms with Gasteiger partial charge in [0.15, 0.2) is 0 Å². The van der Waals surface area contributed by atoms with Gasteiger partial charge in [-0.3, -0.25) is 4.55 Å². The Morgan fingerprint density at radius 1 is 1.55 bits per heavy atom. The van der Waals surface area contributed by atoms with Crippen molar-refractivity contribution in [3.05, 3.63) is 6.42 Å². The molecule has 4 nitrogen and oxygen atoms in total. The van der Waals surface area contributed by atoms with Gasteiger partial charge in [-0.2, -0.15) is 8.42 Å². The summed E-state index contributed by atoms with van der Waals surface area (Å²) in [5, 5.41) is 0. The number of hydrogen-bond acceptors (Lipinski definition) is 3. The highest BCUT2D eigenvalue weighted by atomic mass is 32.3. The summed E-state index contributed by atoms with van der Waals surface area (Å²) >= 11 is 0. The van der Waals surface area contributed by atoms with E-state index in [1.54, 1.807) is 0 Å². The minimum absolute atomic E-state index is 0.0509. The highest BCUT2D eigenvalue weighted by Gasteiger charge is 2.01. The number of hydrogen-bond donors (Lipinski definition) is 1. The Balaban J connectivity index is 3.16. The first-order valence-corrected chi connectivity index (χ1v) is 4.86. The van der Waals surface area contributed by atoms with Gasteiger partial charge in [-0.25, -0.2) is 4.18 Å². The zero-order valence-corrected chi connectivity index (χ0v) is 7.30. The lowest BCUT2D eigenvalue weighted by molar-refractivity contribution is 0.264. The van der Waals surface area contributed by atoms with Crippen molar-refractivity contribution in [3.8, 4) is 0 Å². The maximum absolute atomic E-state index is 9.99. The monoisotopic (exact) mass is 181 g/mol. The van der Waals surface area contributed by atoms with Gasteiger partial charge >= 0.3 is 10.4 Å². The van der Waals surface area contributed by atoms with Gasteiger partial charge in [-0.1, -0.05) is 13.3 Å². The van der Waals surface area contributed by atoms with Crippen LogP contribution in [0.25, 0.3) is 0 Å². The number of rotatable bonds is 6. The molecule has 5 heteroatoms. The van der Waals surface area contributed by atoms with Crippen LogP contribution in [-0.2, 0) is 14.6 Å². The van der Waals surface area contributed by atoms with E-state index in [2.05, 4.69) is 4.18 Å². The molecule has 1 radical (unpaired) electrons. The van der Waals surface area contributed by atoms with Crippen molar-refractivity contribution in [3.63, 3.8) is 0 Å². The van der Waals surface area contributed by atoms with E-state index in [4.69, 9.17) is 4.55 Å². The van der Waals surface area contributed by atoms with E-state index in [0.717, 1.165) is 12.8 Å². The average molecular weight is 181 g/mol. The third-order valence-electron chi connectivity index (χ3n) is 1.07. The molecule has 1 N–H and O–H groups in total. The third-order valence-corrected chi connectivity index (χ3v) is 1.54. The van der Waals surface area contributed by atoms with Gasteiger partial charge in [-0.05, 0) is 19.3 Å². The standard InChI is InChI=1S/C6H13O4S/c1-2-3-4-5-6-10-11(7,8)9/h3H,2,4-6H2,1H3,(H,7,8,9). The quantitative estimate of drug-likeness (QED) is 0.494. The molecule has 11 heavy (non-hydrogen) atoms. The molecule has 0 aliphatic carbocycles. The molecule has 0 heterocycles. The summed E-state index contributed by atoms with van der Waals surface area (Å²) in [6.45, 7) is 2.05. The van der Waals surface area contributed by atoms with Gasteiger partial charge in [0.2, 0.25) is 0 Å². The first kappa shape index (κ1) is 10.9. The van der Waals surface area contributed by atoms with E-state index in [-0.39, 0.29) is 6.61 Å². The lowest BCUT2D eigenvalue weighted by Crippen LogP contribution is -2.04. The molecule has 0 aliphatic rings. The maximum atomic E-state index is 9.99. The normalized spacial score (nSPS) is 11.8. The lowest BCUT2D eigenvalue weighted by atomic mass is 10.2. The molecule has 0 spiro atoms. The molecular weight excluding hydrogens is 168 g/mol. The number of unbranched alkanes of at least 4 members (excludes halogenated alkanes) is 3. The summed E-state index contributed by atoms with van der Waals surface area (Å²) in [7, 11) is -4.23. The first-order valence-electron chi connectivity index (χ1n) is 3.49. The molecule has 0 fully saturated rings. The van der Waals surface area contributed by atoms with Gasteiger partial charge in [0, 0.05) is 0 Å². The van der Waals surface area contributed by atoms with Crippen LogP contribution in [0.3, 0.4) is 0 Å². The predicted octanol–water partition coefficient (Wildman–Crippen LogP) is 1.20. The Morgan fingerprint density at radius 2 is 2.18 bits per heavy atom. The van der Waals surface area contributed by atoms with Crippen LogP contribution in [0.5, 0.6) is 0 Å². The topological polar surface area (TPSA) is 63.6 Å². The van der Waals surface area contributed by atoms with E-state index in [0.29, 0.717) is 6.42 Å². The first-order chi connectivity index (χ1) is 5.06. The maximum Gasteiger partial charge on any atom is 0.397 e. The van der Waals surface area contributed by atoms with Crippen LogP contribution in [0.4, 0.5) is 0 Å². The molecule has 0 aromatic heterocycles. The van der Waals surface area contributed by atoms with Crippen molar-refractivity contribution >= 4 is 10.4 Å². The van der Waals surface area contributed by atoms with Crippen molar-refractivity contribution in [1.82, 2.24) is 0 Å².